The van der Waals surface area contributed by atoms with E-state index in [-0.39, 0.29) is 6.03 Å². The summed E-state index contributed by atoms with van der Waals surface area (Å²) in [6, 6.07) is 13.0. The van der Waals surface area contributed by atoms with Gasteiger partial charge in [0.1, 0.15) is 0 Å². The summed E-state index contributed by atoms with van der Waals surface area (Å²) in [5.74, 6) is -0.484. The first-order chi connectivity index (χ1) is 13.5. The summed E-state index contributed by atoms with van der Waals surface area (Å²) in [5.41, 5.74) is 2.39. The molecule has 146 valence electrons. The third-order valence-electron chi connectivity index (χ3n) is 4.52. The largest absolute Gasteiger partial charge is 0.466 e. The van der Waals surface area contributed by atoms with E-state index in [0.29, 0.717) is 33.4 Å². The SMILES string of the molecule is CCCC1=C(C(=O)OC)[C@@H](c2ccc(Cl)cc2)NC(=O)N1c1ccc(Cl)cc1. The van der Waals surface area contributed by atoms with E-state index < -0.39 is 12.0 Å². The van der Waals surface area contributed by atoms with Crippen molar-refractivity contribution >= 4 is 40.9 Å². The molecule has 1 atom stereocenters. The van der Waals surface area contributed by atoms with Crippen LogP contribution in [0.25, 0.3) is 0 Å². The lowest BCUT2D eigenvalue weighted by Gasteiger charge is -2.36. The second-order valence-corrected chi connectivity index (χ2v) is 7.22. The van der Waals surface area contributed by atoms with Crippen LogP contribution in [0.5, 0.6) is 0 Å². The number of halogens is 2. The van der Waals surface area contributed by atoms with Gasteiger partial charge in [-0.2, -0.15) is 0 Å². The van der Waals surface area contributed by atoms with Crippen molar-refractivity contribution < 1.29 is 14.3 Å². The Bertz CT molecular complexity index is 908. The Morgan fingerprint density at radius 1 is 1.07 bits per heavy atom. The number of esters is 1. The Hall–Kier alpha value is -2.50. The molecule has 1 N–H and O–H groups in total. The average molecular weight is 419 g/mol. The zero-order valence-electron chi connectivity index (χ0n) is 15.5. The van der Waals surface area contributed by atoms with Gasteiger partial charge in [-0.05, 0) is 48.4 Å². The molecule has 1 aliphatic rings. The van der Waals surface area contributed by atoms with E-state index in [9.17, 15) is 9.59 Å². The smallest absolute Gasteiger partial charge is 0.338 e. The van der Waals surface area contributed by atoms with Gasteiger partial charge in [0.25, 0.3) is 0 Å². The van der Waals surface area contributed by atoms with Gasteiger partial charge in [0.15, 0.2) is 0 Å². The van der Waals surface area contributed by atoms with Crippen LogP contribution in [0.4, 0.5) is 10.5 Å². The zero-order chi connectivity index (χ0) is 20.3. The molecule has 0 aliphatic carbocycles. The number of urea groups is 1. The summed E-state index contributed by atoms with van der Waals surface area (Å²) < 4.78 is 5.06. The second kappa shape index (κ2) is 8.67. The van der Waals surface area contributed by atoms with Crippen LogP contribution in [-0.4, -0.2) is 19.1 Å². The molecule has 1 aliphatic heterocycles. The Morgan fingerprint density at radius 2 is 1.64 bits per heavy atom. The summed E-state index contributed by atoms with van der Waals surface area (Å²) in [4.78, 5) is 27.3. The van der Waals surface area contributed by atoms with Crippen molar-refractivity contribution in [3.05, 3.63) is 75.4 Å². The minimum atomic E-state index is -0.623. The van der Waals surface area contributed by atoms with Crippen LogP contribution in [0.15, 0.2) is 59.8 Å². The van der Waals surface area contributed by atoms with Gasteiger partial charge < -0.3 is 10.1 Å². The molecule has 1 heterocycles. The topological polar surface area (TPSA) is 58.6 Å². The molecule has 0 fully saturated rings. The number of nitrogens with one attached hydrogen (secondary N) is 1. The number of nitrogens with zero attached hydrogens (tertiary/aromatic N) is 1. The first-order valence-corrected chi connectivity index (χ1v) is 9.64. The number of ether oxygens (including phenoxy) is 1. The maximum absolute atomic E-state index is 13.0. The van der Waals surface area contributed by atoms with Crippen LogP contribution >= 0.6 is 23.2 Å². The van der Waals surface area contributed by atoms with Crippen molar-refractivity contribution in [1.29, 1.82) is 0 Å². The predicted octanol–water partition coefficient (Wildman–Crippen LogP) is 5.49. The van der Waals surface area contributed by atoms with Gasteiger partial charge in [-0.25, -0.2) is 9.59 Å². The Morgan fingerprint density at radius 3 is 2.18 bits per heavy atom. The fourth-order valence-corrected chi connectivity index (χ4v) is 3.52. The maximum Gasteiger partial charge on any atom is 0.338 e. The third kappa shape index (κ3) is 4.01. The fourth-order valence-electron chi connectivity index (χ4n) is 3.27. The highest BCUT2D eigenvalue weighted by molar-refractivity contribution is 6.30. The molecule has 7 heteroatoms. The highest BCUT2D eigenvalue weighted by atomic mass is 35.5. The Kier molecular flexibility index (Phi) is 6.27. The number of hydrogen-bond acceptors (Lipinski definition) is 3. The number of methoxy groups -OCH3 is 1. The second-order valence-electron chi connectivity index (χ2n) is 6.35. The quantitative estimate of drug-likeness (QED) is 0.652. The van der Waals surface area contributed by atoms with E-state index in [1.807, 2.05) is 6.92 Å². The van der Waals surface area contributed by atoms with Gasteiger partial charge in [-0.3, -0.25) is 4.90 Å². The molecule has 2 aromatic rings. The Balaban J connectivity index is 2.18. The normalized spacial score (nSPS) is 16.8. The first-order valence-electron chi connectivity index (χ1n) is 8.89. The molecule has 2 amide bonds. The van der Waals surface area contributed by atoms with Gasteiger partial charge in [-0.1, -0.05) is 48.7 Å². The van der Waals surface area contributed by atoms with Crippen LogP contribution in [0.3, 0.4) is 0 Å². The number of amides is 2. The third-order valence-corrected chi connectivity index (χ3v) is 5.02. The molecule has 0 saturated carbocycles. The van der Waals surface area contributed by atoms with Crippen LogP contribution in [0.2, 0.25) is 10.0 Å². The molecule has 2 aromatic carbocycles. The molecule has 5 nitrogen and oxygen atoms in total. The van der Waals surface area contributed by atoms with Crippen molar-refractivity contribution in [2.75, 3.05) is 12.0 Å². The molecular formula is C21H20Cl2N2O3. The molecule has 0 aromatic heterocycles. The minimum absolute atomic E-state index is 0.321. The number of rotatable bonds is 5. The summed E-state index contributed by atoms with van der Waals surface area (Å²) in [7, 11) is 1.33. The summed E-state index contributed by atoms with van der Waals surface area (Å²) >= 11 is 12.0. The van der Waals surface area contributed by atoms with Crippen molar-refractivity contribution in [2.24, 2.45) is 0 Å². The van der Waals surface area contributed by atoms with Crippen LogP contribution < -0.4 is 10.2 Å². The first kappa shape index (κ1) is 20.2. The number of carbonyl (C=O) groups excluding carboxylic acids is 2. The van der Waals surface area contributed by atoms with Gasteiger partial charge in [0, 0.05) is 15.7 Å². The van der Waals surface area contributed by atoms with Gasteiger partial charge >= 0.3 is 12.0 Å². The van der Waals surface area contributed by atoms with Crippen molar-refractivity contribution in [3.63, 3.8) is 0 Å². The highest BCUT2D eigenvalue weighted by Gasteiger charge is 2.38. The van der Waals surface area contributed by atoms with E-state index in [4.69, 9.17) is 27.9 Å². The molecule has 0 unspecified atom stereocenters. The molecule has 0 bridgehead atoms. The molecule has 3 rings (SSSR count). The predicted molar refractivity (Wildman–Crippen MR) is 111 cm³/mol. The monoisotopic (exact) mass is 418 g/mol. The fraction of sp³-hybridized carbons (Fsp3) is 0.238. The number of benzene rings is 2. The van der Waals surface area contributed by atoms with Crippen LogP contribution in [0.1, 0.15) is 31.4 Å². The van der Waals surface area contributed by atoms with Gasteiger partial charge in [-0.15, -0.1) is 0 Å². The number of anilines is 1. The summed E-state index contributed by atoms with van der Waals surface area (Å²) in [6.07, 6.45) is 1.28. The van der Waals surface area contributed by atoms with Crippen LogP contribution in [-0.2, 0) is 9.53 Å². The van der Waals surface area contributed by atoms with Gasteiger partial charge in [0.05, 0.1) is 24.4 Å². The maximum atomic E-state index is 13.0. The highest BCUT2D eigenvalue weighted by Crippen LogP contribution is 2.36. The molecule has 28 heavy (non-hydrogen) atoms. The van der Waals surface area contributed by atoms with Gasteiger partial charge in [0.2, 0.25) is 0 Å². The lowest BCUT2D eigenvalue weighted by atomic mass is 9.92. The van der Waals surface area contributed by atoms with E-state index >= 15 is 0 Å². The summed E-state index contributed by atoms with van der Waals surface area (Å²) in [5, 5.41) is 4.06. The molecule has 0 spiro atoms. The number of carbonyl (C=O) groups is 2. The standard InChI is InChI=1S/C21H20Cl2N2O3/c1-3-4-17-18(20(26)28-2)19(13-5-7-14(22)8-6-13)24-21(27)25(17)16-11-9-15(23)10-12-16/h5-12,19H,3-4H2,1-2H3,(H,24,27)/t19-/m1/s1. The number of hydrogen-bond donors (Lipinski definition) is 1. The zero-order valence-corrected chi connectivity index (χ0v) is 17.1. The van der Waals surface area contributed by atoms with Crippen molar-refractivity contribution in [3.8, 4) is 0 Å². The van der Waals surface area contributed by atoms with Crippen molar-refractivity contribution in [1.82, 2.24) is 5.32 Å². The lowest BCUT2D eigenvalue weighted by Crippen LogP contribution is -2.48. The van der Waals surface area contributed by atoms with Crippen molar-refractivity contribution in [2.45, 2.75) is 25.8 Å². The average Bonchev–Trinajstić information content (AvgIpc) is 2.69. The molecular weight excluding hydrogens is 399 g/mol. The molecule has 0 radical (unpaired) electrons. The lowest BCUT2D eigenvalue weighted by molar-refractivity contribution is -0.136. The van der Waals surface area contributed by atoms with E-state index in [1.54, 1.807) is 48.5 Å². The van der Waals surface area contributed by atoms with E-state index in [0.717, 1.165) is 12.0 Å². The van der Waals surface area contributed by atoms with Crippen LogP contribution in [0, 0.1) is 0 Å². The van der Waals surface area contributed by atoms with E-state index in [1.165, 1.54) is 12.0 Å². The number of allylic oxidation sites excluding steroid dienone is 1. The Labute approximate surface area is 173 Å². The summed E-state index contributed by atoms with van der Waals surface area (Å²) in [6.45, 7) is 1.99. The molecule has 0 saturated heterocycles. The minimum Gasteiger partial charge on any atom is -0.466 e. The van der Waals surface area contributed by atoms with E-state index in [2.05, 4.69) is 5.32 Å².